The number of hydrogen-bond acceptors (Lipinski definition) is 11. The largest absolute Gasteiger partial charge is 0.508 e. The summed E-state index contributed by atoms with van der Waals surface area (Å²) < 4.78 is 12.2. The van der Waals surface area contributed by atoms with Gasteiger partial charge >= 0.3 is 11.9 Å². The molecule has 11 heteroatoms. The maximum atomic E-state index is 15.0. The number of rotatable bonds is 5. The number of nitrogens with one attached hydrogen (secondary N) is 1. The molecular formula is C48H53NO10. The molecule has 0 spiro atoms. The van der Waals surface area contributed by atoms with Gasteiger partial charge in [0.05, 0.1) is 24.5 Å². The van der Waals surface area contributed by atoms with Gasteiger partial charge in [0.2, 0.25) is 0 Å². The highest BCUT2D eigenvalue weighted by Gasteiger charge is 2.59. The Morgan fingerprint density at radius 2 is 1.69 bits per heavy atom. The molecule has 3 aliphatic heterocycles. The molecule has 2 fully saturated rings. The summed E-state index contributed by atoms with van der Waals surface area (Å²) in [6.07, 6.45) is 1.19. The van der Waals surface area contributed by atoms with Crippen LogP contribution in [0.15, 0.2) is 66.2 Å². The van der Waals surface area contributed by atoms with E-state index in [0.717, 1.165) is 17.5 Å². The van der Waals surface area contributed by atoms with E-state index in [9.17, 15) is 39.9 Å². The maximum absolute atomic E-state index is 15.0. The fourth-order valence-corrected chi connectivity index (χ4v) is 10.8. The minimum absolute atomic E-state index is 0.0763. The molecule has 10 bridgehead atoms. The highest BCUT2D eigenvalue weighted by molar-refractivity contribution is 5.89. The third-order valence-electron chi connectivity index (χ3n) is 13.6. The first kappa shape index (κ1) is 40.8. The molecule has 0 radical (unpaired) electrons. The predicted molar refractivity (Wildman–Crippen MR) is 217 cm³/mol. The lowest BCUT2D eigenvalue weighted by Gasteiger charge is -2.56. The van der Waals surface area contributed by atoms with Crippen LogP contribution in [0.4, 0.5) is 0 Å². The van der Waals surface area contributed by atoms with E-state index in [4.69, 9.17) is 9.47 Å². The van der Waals surface area contributed by atoms with Crippen molar-refractivity contribution in [3.05, 3.63) is 99.6 Å². The van der Waals surface area contributed by atoms with Gasteiger partial charge in [0.15, 0.2) is 0 Å². The molecule has 5 aliphatic rings. The van der Waals surface area contributed by atoms with Crippen molar-refractivity contribution in [1.82, 2.24) is 5.32 Å². The van der Waals surface area contributed by atoms with Crippen molar-refractivity contribution < 1.29 is 49.4 Å². The average Bonchev–Trinajstić information content (AvgIpc) is 3.20. The zero-order valence-corrected chi connectivity index (χ0v) is 33.5. The molecule has 0 saturated heterocycles. The highest BCUT2D eigenvalue weighted by Crippen LogP contribution is 2.54. The number of benzene rings is 3. The Bertz CT molecular complexity index is 2240. The number of carbonyl (C=O) groups excluding carboxylic acids is 3. The van der Waals surface area contributed by atoms with Crippen LogP contribution in [0.3, 0.4) is 0 Å². The van der Waals surface area contributed by atoms with Gasteiger partial charge in [-0.15, -0.1) is 0 Å². The molecular weight excluding hydrogens is 751 g/mol. The standard InChI is InChI=1S/C48H53NO10/c1-3-34-9-10-37-39-15-27-6-4-5-26(13-27)14-35(50)20-33-16-28(30-17-31(19-36(51)18-30)43(54)25-49-2)7-8-29-23-46(55)58-44-24-42(53)32(21-38(29)44)22-45(59-47(33)56)48(34,57)40(37)11-12-41(39)52/h4-6,13,17-21,24,28-29,34-35,37,39-40,43,45,49-51,53-54,57H,3,9-12,14-16,22-23,25H2,1-2H3/b33-20-/t28-,29-,34+,35+,37-,39+,40+,43+,45-,48+/m1/s1. The Kier molecular flexibility index (Phi) is 11.5. The van der Waals surface area contributed by atoms with Crippen LogP contribution in [0, 0.1) is 35.5 Å². The minimum atomic E-state index is -1.61. The number of aliphatic hydroxyl groups is 3. The fourth-order valence-electron chi connectivity index (χ4n) is 10.8. The van der Waals surface area contributed by atoms with Crippen LogP contribution in [0.1, 0.15) is 103 Å². The number of aromatic hydroxyl groups is 2. The third kappa shape index (κ3) is 8.04. The summed E-state index contributed by atoms with van der Waals surface area (Å²) in [6, 6.07) is 15.6. The number of ketones is 1. The lowest BCUT2D eigenvalue weighted by Crippen LogP contribution is -2.63. The van der Waals surface area contributed by atoms with E-state index in [1.165, 1.54) is 24.3 Å². The molecule has 3 aromatic carbocycles. The topological polar surface area (TPSA) is 183 Å². The summed E-state index contributed by atoms with van der Waals surface area (Å²) >= 11 is 0. The Morgan fingerprint density at radius 1 is 0.915 bits per heavy atom. The van der Waals surface area contributed by atoms with Crippen molar-refractivity contribution in [1.29, 1.82) is 0 Å². The van der Waals surface area contributed by atoms with Crippen molar-refractivity contribution in [3.63, 3.8) is 0 Å². The van der Waals surface area contributed by atoms with Crippen LogP contribution >= 0.6 is 0 Å². The van der Waals surface area contributed by atoms with E-state index in [0.29, 0.717) is 47.9 Å². The molecule has 310 valence electrons. The SMILES string of the molecule is CC[C@H]1CC[C@@H]2[C@@H]3Cc4cccc(c4)C[C@H](O)/C=C4/C[C@H](c5cc(O)cc([C@@H](O)CNC)c5)C#C[C@@H]5CC(=O)Oc6cc(O)c(cc65)C[C@@H](OC4=O)[C@@]1(O)[C@H]2CCC3=O. The van der Waals surface area contributed by atoms with Crippen LogP contribution in [0.5, 0.6) is 17.2 Å². The van der Waals surface area contributed by atoms with Gasteiger partial charge < -0.3 is 40.3 Å². The minimum Gasteiger partial charge on any atom is -0.508 e. The Balaban J connectivity index is 1.35. The lowest BCUT2D eigenvalue weighted by atomic mass is 9.53. The van der Waals surface area contributed by atoms with Crippen LogP contribution in [-0.4, -0.2) is 74.7 Å². The van der Waals surface area contributed by atoms with Crippen molar-refractivity contribution in [3.8, 4) is 29.1 Å². The van der Waals surface area contributed by atoms with Crippen LogP contribution in [0.25, 0.3) is 0 Å². The lowest BCUT2D eigenvalue weighted by molar-refractivity contribution is -0.212. The Labute approximate surface area is 344 Å². The Hall–Kier alpha value is -4.99. The van der Waals surface area contributed by atoms with Gasteiger partial charge in [-0.1, -0.05) is 55.5 Å². The van der Waals surface area contributed by atoms with Gasteiger partial charge in [0.1, 0.15) is 34.7 Å². The van der Waals surface area contributed by atoms with Crippen LogP contribution < -0.4 is 10.1 Å². The quantitative estimate of drug-likeness (QED) is 0.113. The number of phenolic OH excluding ortho intramolecular Hbond substituents is 2. The van der Waals surface area contributed by atoms with Gasteiger partial charge in [-0.3, -0.25) is 9.59 Å². The molecule has 0 unspecified atom stereocenters. The van der Waals surface area contributed by atoms with E-state index in [-0.39, 0.29) is 85.0 Å². The molecule has 10 atom stereocenters. The van der Waals surface area contributed by atoms with E-state index >= 15 is 0 Å². The summed E-state index contributed by atoms with van der Waals surface area (Å²) in [4.78, 5) is 41.8. The second-order valence-corrected chi connectivity index (χ2v) is 17.3. The molecule has 59 heavy (non-hydrogen) atoms. The summed E-state index contributed by atoms with van der Waals surface area (Å²) in [5, 5.41) is 61.6. The van der Waals surface area contributed by atoms with Gasteiger partial charge in [-0.05, 0) is 109 Å². The zero-order chi connectivity index (χ0) is 41.6. The number of esters is 2. The molecule has 8 rings (SSSR count). The number of Topliss-reactive ketones (excluding diaryl/α,β-unsaturated/α-hetero) is 1. The number of fused-ring (bicyclic) bond motifs is 7. The van der Waals surface area contributed by atoms with E-state index in [2.05, 4.69) is 17.2 Å². The molecule has 2 saturated carbocycles. The average molecular weight is 804 g/mol. The van der Waals surface area contributed by atoms with Gasteiger partial charge in [0, 0.05) is 54.8 Å². The van der Waals surface area contributed by atoms with Crippen molar-refractivity contribution in [2.24, 2.45) is 23.7 Å². The summed E-state index contributed by atoms with van der Waals surface area (Å²) in [7, 11) is 1.70. The second kappa shape index (κ2) is 16.6. The first-order valence-corrected chi connectivity index (χ1v) is 21.0. The zero-order valence-electron chi connectivity index (χ0n) is 33.5. The van der Waals surface area contributed by atoms with Crippen LogP contribution in [0.2, 0.25) is 0 Å². The van der Waals surface area contributed by atoms with Crippen molar-refractivity contribution in [2.75, 3.05) is 13.6 Å². The fraction of sp³-hybridized carbons (Fsp3) is 0.479. The van der Waals surface area contributed by atoms with Crippen molar-refractivity contribution >= 4 is 17.7 Å². The molecule has 2 aliphatic carbocycles. The highest BCUT2D eigenvalue weighted by atomic mass is 16.6. The number of likely N-dealkylation sites (N-methyl/N-ethyl adjacent to an activating group) is 1. The number of aliphatic hydroxyl groups excluding tert-OH is 2. The monoisotopic (exact) mass is 803 g/mol. The molecule has 11 nitrogen and oxygen atoms in total. The molecule has 0 aromatic heterocycles. The number of phenols is 2. The van der Waals surface area contributed by atoms with Gasteiger partial charge in [0.25, 0.3) is 0 Å². The predicted octanol–water partition coefficient (Wildman–Crippen LogP) is 5.24. The van der Waals surface area contributed by atoms with Crippen LogP contribution in [-0.2, 0) is 38.4 Å². The van der Waals surface area contributed by atoms with Gasteiger partial charge in [-0.2, -0.15) is 0 Å². The van der Waals surface area contributed by atoms with E-state index in [1.807, 2.05) is 31.2 Å². The molecule has 3 heterocycles. The van der Waals surface area contributed by atoms with E-state index in [1.54, 1.807) is 19.2 Å². The number of hydrogen-bond donors (Lipinski definition) is 6. The normalized spacial score (nSPS) is 31.9. The maximum Gasteiger partial charge on any atom is 0.334 e. The summed E-state index contributed by atoms with van der Waals surface area (Å²) in [5.74, 6) is 2.54. The van der Waals surface area contributed by atoms with Gasteiger partial charge in [-0.25, -0.2) is 4.79 Å². The summed E-state index contributed by atoms with van der Waals surface area (Å²) in [6.45, 7) is 2.22. The first-order valence-electron chi connectivity index (χ1n) is 21.0. The van der Waals surface area contributed by atoms with E-state index < -0.39 is 53.6 Å². The summed E-state index contributed by atoms with van der Waals surface area (Å²) in [5.41, 5.74) is 2.13. The smallest absolute Gasteiger partial charge is 0.334 e. The molecule has 3 aromatic rings. The molecule has 6 N–H and O–H groups in total. The first-order chi connectivity index (χ1) is 28.3. The third-order valence-corrected chi connectivity index (χ3v) is 13.6. The van der Waals surface area contributed by atoms with Crippen molar-refractivity contribution in [2.45, 2.75) is 107 Å². The number of carbonyl (C=O) groups is 3. The number of ether oxygens (including phenoxy) is 2. The molecule has 0 amide bonds. The Morgan fingerprint density at radius 3 is 2.47 bits per heavy atom. The second-order valence-electron chi connectivity index (χ2n) is 17.3.